The Balaban J connectivity index is 1.95. The summed E-state index contributed by atoms with van der Waals surface area (Å²) in [6.45, 7) is 0. The average Bonchev–Trinajstić information content (AvgIpc) is 1.97. The molecule has 2 N–H and O–H groups in total. The Labute approximate surface area is 85.1 Å². The molecule has 3 nitrogen and oxygen atoms in total. The smallest absolute Gasteiger partial charge is 0.212 e. The number of hydrogen-bond donors (Lipinski definition) is 1. The standard InChI is InChI=1S/C10H17NO2S/c11-14(12,13)10-8-2-6-1-7(4-8)5-9(10)3-6/h6-10H,1-5H2,(H2,11,12,13). The maximum absolute atomic E-state index is 11.5. The molecular formula is C10H17NO2S. The first-order valence-corrected chi connectivity index (χ1v) is 7.16. The van der Waals surface area contributed by atoms with Crippen LogP contribution >= 0.6 is 0 Å². The quantitative estimate of drug-likeness (QED) is 0.712. The van der Waals surface area contributed by atoms with Crippen molar-refractivity contribution in [2.75, 3.05) is 0 Å². The van der Waals surface area contributed by atoms with Crippen molar-refractivity contribution in [3.63, 3.8) is 0 Å². The number of hydrogen-bond acceptors (Lipinski definition) is 2. The van der Waals surface area contributed by atoms with Gasteiger partial charge in [-0.3, -0.25) is 0 Å². The van der Waals surface area contributed by atoms with Gasteiger partial charge in [-0.2, -0.15) is 0 Å². The second-order valence-electron chi connectivity index (χ2n) is 5.48. The molecule has 4 aliphatic carbocycles. The molecule has 0 aromatic rings. The van der Waals surface area contributed by atoms with Gasteiger partial charge < -0.3 is 0 Å². The summed E-state index contributed by atoms with van der Waals surface area (Å²) >= 11 is 0. The van der Waals surface area contributed by atoms with Gasteiger partial charge in [-0.1, -0.05) is 0 Å². The molecule has 0 saturated heterocycles. The van der Waals surface area contributed by atoms with Crippen molar-refractivity contribution in [2.45, 2.75) is 37.4 Å². The molecule has 0 spiro atoms. The second kappa shape index (κ2) is 2.73. The zero-order valence-corrected chi connectivity index (χ0v) is 9.04. The van der Waals surface area contributed by atoms with Crippen molar-refractivity contribution in [1.82, 2.24) is 0 Å². The lowest BCUT2D eigenvalue weighted by atomic mass is 9.56. The van der Waals surface area contributed by atoms with Gasteiger partial charge in [0.2, 0.25) is 10.0 Å². The second-order valence-corrected chi connectivity index (χ2v) is 7.21. The molecule has 0 aromatic heterocycles. The van der Waals surface area contributed by atoms with E-state index in [4.69, 9.17) is 5.14 Å². The summed E-state index contributed by atoms with van der Waals surface area (Å²) in [7, 11) is -3.29. The van der Waals surface area contributed by atoms with Gasteiger partial charge in [0.25, 0.3) is 0 Å². The van der Waals surface area contributed by atoms with Crippen molar-refractivity contribution in [1.29, 1.82) is 0 Å². The van der Waals surface area contributed by atoms with Gasteiger partial charge in [0, 0.05) is 0 Å². The maximum Gasteiger partial charge on any atom is 0.212 e. The first-order chi connectivity index (χ1) is 6.54. The van der Waals surface area contributed by atoms with Gasteiger partial charge in [-0.25, -0.2) is 13.6 Å². The van der Waals surface area contributed by atoms with Crippen LogP contribution in [0.15, 0.2) is 0 Å². The fourth-order valence-electron chi connectivity index (χ4n) is 4.41. The normalized spacial score (nSPS) is 51.1. The van der Waals surface area contributed by atoms with Crippen LogP contribution in [0.2, 0.25) is 0 Å². The van der Waals surface area contributed by atoms with Crippen molar-refractivity contribution >= 4 is 10.0 Å². The molecule has 0 unspecified atom stereocenters. The van der Waals surface area contributed by atoms with E-state index in [0.29, 0.717) is 11.8 Å². The topological polar surface area (TPSA) is 60.2 Å². The van der Waals surface area contributed by atoms with Gasteiger partial charge in [-0.15, -0.1) is 0 Å². The summed E-state index contributed by atoms with van der Waals surface area (Å²) in [5, 5.41) is 5.13. The summed E-state index contributed by atoms with van der Waals surface area (Å²) < 4.78 is 23.0. The summed E-state index contributed by atoms with van der Waals surface area (Å²) in [6.07, 6.45) is 5.83. The van der Waals surface area contributed by atoms with Gasteiger partial charge in [0.15, 0.2) is 0 Å². The zero-order chi connectivity index (χ0) is 9.92. The minimum atomic E-state index is -3.29. The van der Waals surface area contributed by atoms with Gasteiger partial charge in [0.05, 0.1) is 5.25 Å². The Bertz CT molecular complexity index is 321. The van der Waals surface area contributed by atoms with Crippen LogP contribution in [-0.4, -0.2) is 13.7 Å². The van der Waals surface area contributed by atoms with Crippen molar-refractivity contribution in [2.24, 2.45) is 28.8 Å². The largest absolute Gasteiger partial charge is 0.228 e. The van der Waals surface area contributed by atoms with E-state index in [9.17, 15) is 8.42 Å². The molecule has 4 rings (SSSR count). The fraction of sp³-hybridized carbons (Fsp3) is 1.00. The predicted octanol–water partition coefficient (Wildman–Crippen LogP) is 1.10. The Morgan fingerprint density at radius 3 is 1.64 bits per heavy atom. The highest BCUT2D eigenvalue weighted by Gasteiger charge is 2.52. The first kappa shape index (κ1) is 9.16. The number of primary sulfonamides is 1. The summed E-state index contributed by atoms with van der Waals surface area (Å²) in [5.74, 6) is 2.41. The summed E-state index contributed by atoms with van der Waals surface area (Å²) in [5.41, 5.74) is 0. The third-order valence-electron chi connectivity index (χ3n) is 4.52. The van der Waals surface area contributed by atoms with E-state index in [0.717, 1.165) is 37.5 Å². The zero-order valence-electron chi connectivity index (χ0n) is 8.22. The van der Waals surface area contributed by atoms with Crippen molar-refractivity contribution < 1.29 is 8.42 Å². The molecule has 4 heteroatoms. The average molecular weight is 215 g/mol. The first-order valence-electron chi connectivity index (χ1n) is 5.55. The Morgan fingerprint density at radius 2 is 1.29 bits per heavy atom. The van der Waals surface area contributed by atoms with E-state index < -0.39 is 10.0 Å². The molecule has 4 saturated carbocycles. The third kappa shape index (κ3) is 1.23. The lowest BCUT2D eigenvalue weighted by Crippen LogP contribution is -2.53. The molecule has 0 amide bonds. The highest BCUT2D eigenvalue weighted by molar-refractivity contribution is 7.89. The van der Waals surface area contributed by atoms with Crippen LogP contribution < -0.4 is 5.14 Å². The molecule has 0 aromatic carbocycles. The molecule has 0 atom stereocenters. The number of sulfonamides is 1. The lowest BCUT2D eigenvalue weighted by Gasteiger charge is -2.53. The predicted molar refractivity (Wildman–Crippen MR) is 53.9 cm³/mol. The number of nitrogens with two attached hydrogens (primary N) is 1. The van der Waals surface area contributed by atoms with Gasteiger partial charge in [0.1, 0.15) is 0 Å². The van der Waals surface area contributed by atoms with E-state index >= 15 is 0 Å². The van der Waals surface area contributed by atoms with Crippen LogP contribution in [0.1, 0.15) is 32.1 Å². The van der Waals surface area contributed by atoms with E-state index in [1.165, 1.54) is 6.42 Å². The maximum atomic E-state index is 11.5. The van der Waals surface area contributed by atoms with Crippen molar-refractivity contribution in [3.05, 3.63) is 0 Å². The van der Waals surface area contributed by atoms with Gasteiger partial charge in [-0.05, 0) is 55.8 Å². The highest BCUT2D eigenvalue weighted by Crippen LogP contribution is 2.55. The molecule has 4 aliphatic rings. The molecule has 80 valence electrons. The van der Waals surface area contributed by atoms with E-state index in [-0.39, 0.29) is 5.25 Å². The van der Waals surface area contributed by atoms with E-state index in [1.807, 2.05) is 0 Å². The van der Waals surface area contributed by atoms with E-state index in [1.54, 1.807) is 0 Å². The highest BCUT2D eigenvalue weighted by atomic mass is 32.2. The van der Waals surface area contributed by atoms with Crippen molar-refractivity contribution in [3.8, 4) is 0 Å². The van der Waals surface area contributed by atoms with Crippen LogP contribution in [0.25, 0.3) is 0 Å². The molecule has 0 aliphatic heterocycles. The molecule has 0 radical (unpaired) electrons. The van der Waals surface area contributed by atoms with Gasteiger partial charge >= 0.3 is 0 Å². The molecule has 4 fully saturated rings. The van der Waals surface area contributed by atoms with Crippen LogP contribution in [0.4, 0.5) is 0 Å². The molecular weight excluding hydrogens is 198 g/mol. The molecule has 14 heavy (non-hydrogen) atoms. The van der Waals surface area contributed by atoms with Crippen LogP contribution in [-0.2, 0) is 10.0 Å². The van der Waals surface area contributed by atoms with E-state index in [2.05, 4.69) is 0 Å². The molecule has 0 heterocycles. The number of rotatable bonds is 1. The minimum absolute atomic E-state index is 0.199. The third-order valence-corrected chi connectivity index (χ3v) is 6.05. The summed E-state index contributed by atoms with van der Waals surface area (Å²) in [4.78, 5) is 0. The Hall–Kier alpha value is -0.0900. The fourth-order valence-corrected chi connectivity index (χ4v) is 5.93. The van der Waals surface area contributed by atoms with Crippen LogP contribution in [0, 0.1) is 23.7 Å². The van der Waals surface area contributed by atoms with Crippen LogP contribution in [0.5, 0.6) is 0 Å². The van der Waals surface area contributed by atoms with Crippen LogP contribution in [0.3, 0.4) is 0 Å². The minimum Gasteiger partial charge on any atom is -0.228 e. The molecule has 4 bridgehead atoms. The lowest BCUT2D eigenvalue weighted by molar-refractivity contribution is 0.0238. The Morgan fingerprint density at radius 1 is 0.857 bits per heavy atom. The summed E-state index contributed by atoms with van der Waals surface area (Å²) in [6, 6.07) is 0. The Kier molecular flexibility index (Phi) is 1.78. The SMILES string of the molecule is NS(=O)(=O)C1C2CC3CC(C2)CC1C3. The monoisotopic (exact) mass is 215 g/mol.